The van der Waals surface area contributed by atoms with Crippen LogP contribution in [0.1, 0.15) is 13.8 Å². The minimum Gasteiger partial charge on any atom is -0.259 e. The zero-order valence-electron chi connectivity index (χ0n) is 4.34. The molecule has 0 atom stereocenters. The molecular formula is C4H7NO2. The van der Waals surface area contributed by atoms with E-state index in [1.807, 2.05) is 0 Å². The average Bonchev–Trinajstić information content (AvgIpc) is 1.27. The molecule has 7 heavy (non-hydrogen) atoms. The van der Waals surface area contributed by atoms with Crippen molar-refractivity contribution in [2.24, 2.45) is 0 Å². The Kier molecular flexibility index (Phi) is 2.05. The molecule has 0 rings (SSSR count). The second kappa shape index (κ2) is 2.34. The largest absolute Gasteiger partial charge is 0.259 e. The Morgan fingerprint density at radius 1 is 1.71 bits per heavy atom. The van der Waals surface area contributed by atoms with E-state index in [1.54, 1.807) is 13.8 Å². The molecule has 40 valence electrons. The van der Waals surface area contributed by atoms with Crippen molar-refractivity contribution in [3.8, 4) is 0 Å². The first kappa shape index (κ1) is 6.14. The zero-order valence-corrected chi connectivity index (χ0v) is 4.34. The van der Waals surface area contributed by atoms with Gasteiger partial charge in [0, 0.05) is 0 Å². The lowest BCUT2D eigenvalue weighted by Crippen LogP contribution is -1.83. The Balaban J connectivity index is 3.68. The van der Waals surface area contributed by atoms with Crippen molar-refractivity contribution in [3.05, 3.63) is 21.9 Å². The van der Waals surface area contributed by atoms with Gasteiger partial charge in [-0.2, -0.15) is 0 Å². The third kappa shape index (κ3) is 5.14. The molecule has 3 nitrogen and oxygen atoms in total. The number of nitrogens with zero attached hydrogens (tertiary/aromatic N) is 1. The Hall–Kier alpha value is -0.860. The smallest absolute Gasteiger partial charge is 0.233 e. The lowest BCUT2D eigenvalue weighted by Gasteiger charge is -1.77. The van der Waals surface area contributed by atoms with E-state index in [1.165, 1.54) is 0 Å². The van der Waals surface area contributed by atoms with Crippen LogP contribution in [-0.4, -0.2) is 4.92 Å². The molecule has 0 aliphatic heterocycles. The van der Waals surface area contributed by atoms with Gasteiger partial charge in [-0.1, -0.05) is 0 Å². The van der Waals surface area contributed by atoms with Gasteiger partial charge in [0.05, 0.1) is 4.92 Å². The summed E-state index contributed by atoms with van der Waals surface area (Å²) in [6.45, 7) is 3.37. The second-order valence-corrected chi connectivity index (χ2v) is 1.49. The van der Waals surface area contributed by atoms with Crippen molar-refractivity contribution in [2.45, 2.75) is 13.8 Å². The van der Waals surface area contributed by atoms with Crippen molar-refractivity contribution in [1.82, 2.24) is 0 Å². The summed E-state index contributed by atoms with van der Waals surface area (Å²) in [4.78, 5) is 9.08. The molecule has 0 amide bonds. The van der Waals surface area contributed by atoms with Crippen molar-refractivity contribution in [2.75, 3.05) is 0 Å². The summed E-state index contributed by atoms with van der Waals surface area (Å²) in [5.74, 6) is 0. The zero-order chi connectivity index (χ0) is 5.86. The molecule has 0 aliphatic carbocycles. The number of hydrogen-bond donors (Lipinski definition) is 0. The third-order valence-corrected chi connectivity index (χ3v) is 0.364. The molecule has 0 unspecified atom stereocenters. The molecule has 0 saturated heterocycles. The molecule has 0 saturated carbocycles. The molecule has 0 aliphatic rings. The average molecular weight is 101 g/mol. The maximum absolute atomic E-state index is 9.54. The summed E-state index contributed by atoms with van der Waals surface area (Å²) < 4.78 is 0. The first-order chi connectivity index (χ1) is 3.13. The van der Waals surface area contributed by atoms with E-state index < -0.39 is 4.92 Å². The van der Waals surface area contributed by atoms with Crippen molar-refractivity contribution < 1.29 is 4.92 Å². The Morgan fingerprint density at radius 2 is 2.14 bits per heavy atom. The minimum atomic E-state index is -0.463. The van der Waals surface area contributed by atoms with E-state index in [9.17, 15) is 10.1 Å². The maximum Gasteiger partial charge on any atom is 0.233 e. The molecule has 0 aromatic heterocycles. The van der Waals surface area contributed by atoms with Gasteiger partial charge in [-0.15, -0.1) is 0 Å². The van der Waals surface area contributed by atoms with Gasteiger partial charge >= 0.3 is 0 Å². The second-order valence-electron chi connectivity index (χ2n) is 1.49. The van der Waals surface area contributed by atoms with Gasteiger partial charge in [0.25, 0.3) is 0 Å². The molecule has 0 heterocycles. The maximum atomic E-state index is 9.54. The van der Waals surface area contributed by atoms with Crippen LogP contribution in [0.15, 0.2) is 11.8 Å². The highest BCUT2D eigenvalue weighted by Gasteiger charge is 1.83. The lowest BCUT2D eigenvalue weighted by molar-refractivity contribution is -0.403. The summed E-state index contributed by atoms with van der Waals surface area (Å²) in [6, 6.07) is 0. The fraction of sp³-hybridized carbons (Fsp3) is 0.500. The first-order valence-corrected chi connectivity index (χ1v) is 1.91. The standard InChI is InChI=1S/C4H7NO2/c1-4(2)3-5(6)7/h3H,1-2H3. The van der Waals surface area contributed by atoms with Crippen molar-refractivity contribution in [1.29, 1.82) is 0 Å². The van der Waals surface area contributed by atoms with E-state index in [2.05, 4.69) is 0 Å². The van der Waals surface area contributed by atoms with Gasteiger partial charge in [0.15, 0.2) is 0 Å². The molecule has 0 aromatic rings. The van der Waals surface area contributed by atoms with Gasteiger partial charge < -0.3 is 0 Å². The van der Waals surface area contributed by atoms with Crippen LogP contribution >= 0.6 is 0 Å². The topological polar surface area (TPSA) is 43.1 Å². The molecule has 0 bridgehead atoms. The summed E-state index contributed by atoms with van der Waals surface area (Å²) in [5, 5.41) is 9.54. The van der Waals surface area contributed by atoms with Gasteiger partial charge in [0.1, 0.15) is 0 Å². The minimum absolute atomic E-state index is 0.463. The SMILES string of the molecule is CC(C)=C[N+](=O)[O-]. The third-order valence-electron chi connectivity index (χ3n) is 0.364. The van der Waals surface area contributed by atoms with E-state index >= 15 is 0 Å². The Bertz CT molecular complexity index is 102. The number of rotatable bonds is 1. The Morgan fingerprint density at radius 3 is 2.14 bits per heavy atom. The molecular weight excluding hydrogens is 94.0 g/mol. The van der Waals surface area contributed by atoms with E-state index in [4.69, 9.17) is 0 Å². The van der Waals surface area contributed by atoms with Gasteiger partial charge in [0.2, 0.25) is 6.20 Å². The van der Waals surface area contributed by atoms with E-state index in [0.717, 1.165) is 6.20 Å². The van der Waals surface area contributed by atoms with Crippen LogP contribution in [0.5, 0.6) is 0 Å². The Labute approximate surface area is 41.8 Å². The van der Waals surface area contributed by atoms with Gasteiger partial charge in [-0.3, -0.25) is 10.1 Å². The van der Waals surface area contributed by atoms with Crippen LogP contribution in [0, 0.1) is 10.1 Å². The lowest BCUT2D eigenvalue weighted by atomic mass is 10.4. The number of hydrogen-bond acceptors (Lipinski definition) is 2. The van der Waals surface area contributed by atoms with Crippen LogP contribution in [0.25, 0.3) is 0 Å². The predicted octanol–water partition coefficient (Wildman–Crippen LogP) is 1.19. The predicted molar refractivity (Wildman–Crippen MR) is 26.4 cm³/mol. The van der Waals surface area contributed by atoms with Crippen LogP contribution in [-0.2, 0) is 0 Å². The summed E-state index contributed by atoms with van der Waals surface area (Å²) in [7, 11) is 0. The van der Waals surface area contributed by atoms with Crippen molar-refractivity contribution >= 4 is 0 Å². The highest BCUT2D eigenvalue weighted by atomic mass is 16.6. The first-order valence-electron chi connectivity index (χ1n) is 1.91. The number of nitro groups is 1. The number of allylic oxidation sites excluding steroid dienone is 1. The highest BCUT2D eigenvalue weighted by Crippen LogP contribution is 1.85. The molecule has 0 aromatic carbocycles. The van der Waals surface area contributed by atoms with Gasteiger partial charge in [-0.05, 0) is 19.4 Å². The van der Waals surface area contributed by atoms with Crippen molar-refractivity contribution in [3.63, 3.8) is 0 Å². The molecule has 0 spiro atoms. The van der Waals surface area contributed by atoms with Gasteiger partial charge in [-0.25, -0.2) is 0 Å². The molecule has 0 fully saturated rings. The van der Waals surface area contributed by atoms with Crippen LogP contribution in [0.4, 0.5) is 0 Å². The van der Waals surface area contributed by atoms with Crippen LogP contribution < -0.4 is 0 Å². The monoisotopic (exact) mass is 101 g/mol. The van der Waals surface area contributed by atoms with Crippen LogP contribution in [0.3, 0.4) is 0 Å². The summed E-state index contributed by atoms with van der Waals surface area (Å²) in [6.07, 6.45) is 0.972. The fourth-order valence-corrected chi connectivity index (χ4v) is 0.211. The quantitative estimate of drug-likeness (QED) is 0.367. The summed E-state index contributed by atoms with van der Waals surface area (Å²) >= 11 is 0. The van der Waals surface area contributed by atoms with E-state index in [0.29, 0.717) is 5.57 Å². The highest BCUT2D eigenvalue weighted by molar-refractivity contribution is 4.85. The van der Waals surface area contributed by atoms with E-state index in [-0.39, 0.29) is 0 Å². The normalized spacial score (nSPS) is 7.71. The fourth-order valence-electron chi connectivity index (χ4n) is 0.211. The molecule has 0 radical (unpaired) electrons. The van der Waals surface area contributed by atoms with Crippen LogP contribution in [0.2, 0.25) is 0 Å². The summed E-state index contributed by atoms with van der Waals surface area (Å²) in [5.41, 5.74) is 0.713. The molecule has 3 heteroatoms. The molecule has 0 N–H and O–H groups in total.